The molecule has 1 aromatic rings. The standard InChI is InChI=1S/C11H16N2O/c1-8(2)9-5-3-4-6-10(9)13-7-11(12)14/h3-6,8,13H,7H2,1-2H3,(H2,12,14). The maximum Gasteiger partial charge on any atom is 0.236 e. The first-order valence-corrected chi connectivity index (χ1v) is 4.72. The molecule has 1 rings (SSSR count). The van der Waals surface area contributed by atoms with Crippen molar-refractivity contribution in [2.24, 2.45) is 5.73 Å². The molecule has 1 aromatic carbocycles. The number of hydrogen-bond donors (Lipinski definition) is 2. The second kappa shape index (κ2) is 4.65. The number of primary amides is 1. The Labute approximate surface area is 84.3 Å². The van der Waals surface area contributed by atoms with Crippen LogP contribution in [0.5, 0.6) is 0 Å². The quantitative estimate of drug-likeness (QED) is 0.763. The normalized spacial score (nSPS) is 10.2. The molecule has 14 heavy (non-hydrogen) atoms. The highest BCUT2D eigenvalue weighted by Gasteiger charge is 2.05. The lowest BCUT2D eigenvalue weighted by atomic mass is 10.0. The van der Waals surface area contributed by atoms with Gasteiger partial charge in [-0.05, 0) is 17.5 Å². The van der Waals surface area contributed by atoms with E-state index in [9.17, 15) is 4.79 Å². The zero-order valence-corrected chi connectivity index (χ0v) is 8.58. The Morgan fingerprint density at radius 3 is 2.64 bits per heavy atom. The summed E-state index contributed by atoms with van der Waals surface area (Å²) in [6.07, 6.45) is 0. The van der Waals surface area contributed by atoms with Crippen LogP contribution in [0.1, 0.15) is 25.3 Å². The molecular weight excluding hydrogens is 176 g/mol. The zero-order chi connectivity index (χ0) is 10.6. The topological polar surface area (TPSA) is 55.1 Å². The van der Waals surface area contributed by atoms with Crippen molar-refractivity contribution in [2.45, 2.75) is 19.8 Å². The van der Waals surface area contributed by atoms with Gasteiger partial charge in [-0.15, -0.1) is 0 Å². The predicted molar refractivity (Wildman–Crippen MR) is 58.2 cm³/mol. The number of carbonyl (C=O) groups is 1. The maximum atomic E-state index is 10.6. The van der Waals surface area contributed by atoms with Crippen molar-refractivity contribution in [1.29, 1.82) is 0 Å². The summed E-state index contributed by atoms with van der Waals surface area (Å²) in [5, 5.41) is 3.02. The molecule has 0 aliphatic rings. The average Bonchev–Trinajstić information content (AvgIpc) is 2.15. The first kappa shape index (κ1) is 10.6. The predicted octanol–water partition coefficient (Wildman–Crippen LogP) is 1.71. The molecule has 0 aromatic heterocycles. The Morgan fingerprint density at radius 1 is 1.43 bits per heavy atom. The van der Waals surface area contributed by atoms with Crippen molar-refractivity contribution in [3.63, 3.8) is 0 Å². The fourth-order valence-electron chi connectivity index (χ4n) is 1.34. The van der Waals surface area contributed by atoms with Crippen LogP contribution in [-0.4, -0.2) is 12.5 Å². The van der Waals surface area contributed by atoms with Gasteiger partial charge in [0.15, 0.2) is 0 Å². The summed E-state index contributed by atoms with van der Waals surface area (Å²) in [4.78, 5) is 10.6. The van der Waals surface area contributed by atoms with Gasteiger partial charge in [-0.1, -0.05) is 32.0 Å². The van der Waals surface area contributed by atoms with Crippen LogP contribution >= 0.6 is 0 Å². The molecule has 0 unspecified atom stereocenters. The Hall–Kier alpha value is -1.51. The number of carbonyl (C=O) groups excluding carboxylic acids is 1. The SMILES string of the molecule is CC(C)c1ccccc1NCC(N)=O. The van der Waals surface area contributed by atoms with Crippen molar-refractivity contribution in [1.82, 2.24) is 0 Å². The van der Waals surface area contributed by atoms with Crippen LogP contribution in [-0.2, 0) is 4.79 Å². The number of nitrogens with one attached hydrogen (secondary N) is 1. The molecule has 0 aliphatic carbocycles. The van der Waals surface area contributed by atoms with Crippen LogP contribution in [0.15, 0.2) is 24.3 Å². The smallest absolute Gasteiger partial charge is 0.236 e. The van der Waals surface area contributed by atoms with Crippen LogP contribution in [0, 0.1) is 0 Å². The number of amides is 1. The summed E-state index contributed by atoms with van der Waals surface area (Å²) in [6, 6.07) is 7.94. The average molecular weight is 192 g/mol. The van der Waals surface area contributed by atoms with Crippen LogP contribution in [0.25, 0.3) is 0 Å². The monoisotopic (exact) mass is 192 g/mol. The van der Waals surface area contributed by atoms with Gasteiger partial charge in [-0.2, -0.15) is 0 Å². The Kier molecular flexibility index (Phi) is 3.51. The molecular formula is C11H16N2O. The number of anilines is 1. The third-order valence-electron chi connectivity index (χ3n) is 2.04. The van der Waals surface area contributed by atoms with Gasteiger partial charge < -0.3 is 11.1 Å². The Morgan fingerprint density at radius 2 is 2.07 bits per heavy atom. The maximum absolute atomic E-state index is 10.6. The molecule has 0 saturated carbocycles. The molecule has 0 spiro atoms. The minimum absolute atomic E-state index is 0.184. The summed E-state index contributed by atoms with van der Waals surface area (Å²) in [6.45, 7) is 4.42. The van der Waals surface area contributed by atoms with E-state index in [4.69, 9.17) is 5.73 Å². The van der Waals surface area contributed by atoms with Gasteiger partial charge in [0.1, 0.15) is 0 Å². The summed E-state index contributed by atoms with van der Waals surface area (Å²) in [7, 11) is 0. The van der Waals surface area contributed by atoms with Crippen LogP contribution in [0.3, 0.4) is 0 Å². The molecule has 0 bridgehead atoms. The van der Waals surface area contributed by atoms with Gasteiger partial charge in [0, 0.05) is 5.69 Å². The Balaban J connectivity index is 2.79. The number of nitrogens with two attached hydrogens (primary N) is 1. The number of hydrogen-bond acceptors (Lipinski definition) is 2. The van der Waals surface area contributed by atoms with Crippen molar-refractivity contribution in [3.05, 3.63) is 29.8 Å². The van der Waals surface area contributed by atoms with Crippen molar-refractivity contribution < 1.29 is 4.79 Å². The van der Waals surface area contributed by atoms with Gasteiger partial charge >= 0.3 is 0 Å². The van der Waals surface area contributed by atoms with E-state index >= 15 is 0 Å². The highest BCUT2D eigenvalue weighted by Crippen LogP contribution is 2.23. The minimum Gasteiger partial charge on any atom is -0.376 e. The van der Waals surface area contributed by atoms with Crippen LogP contribution < -0.4 is 11.1 Å². The van der Waals surface area contributed by atoms with E-state index in [0.29, 0.717) is 5.92 Å². The van der Waals surface area contributed by atoms with E-state index in [1.54, 1.807) is 0 Å². The van der Waals surface area contributed by atoms with Gasteiger partial charge in [0.05, 0.1) is 6.54 Å². The molecule has 0 saturated heterocycles. The molecule has 76 valence electrons. The van der Waals surface area contributed by atoms with E-state index in [-0.39, 0.29) is 12.5 Å². The molecule has 0 heterocycles. The molecule has 1 amide bonds. The summed E-state index contributed by atoms with van der Waals surface area (Å²) >= 11 is 0. The van der Waals surface area contributed by atoms with E-state index in [1.807, 2.05) is 24.3 Å². The summed E-state index contributed by atoms with van der Waals surface area (Å²) in [5.74, 6) is 0.0927. The molecule has 0 aliphatic heterocycles. The second-order valence-electron chi connectivity index (χ2n) is 3.56. The minimum atomic E-state index is -0.344. The molecule has 0 fully saturated rings. The van der Waals surface area contributed by atoms with Crippen molar-refractivity contribution in [2.75, 3.05) is 11.9 Å². The first-order valence-electron chi connectivity index (χ1n) is 4.72. The third kappa shape index (κ3) is 2.76. The number of benzene rings is 1. The van der Waals surface area contributed by atoms with E-state index in [1.165, 1.54) is 5.56 Å². The fourth-order valence-corrected chi connectivity index (χ4v) is 1.34. The molecule has 0 atom stereocenters. The van der Waals surface area contributed by atoms with Crippen molar-refractivity contribution >= 4 is 11.6 Å². The zero-order valence-electron chi connectivity index (χ0n) is 8.58. The van der Waals surface area contributed by atoms with E-state index < -0.39 is 0 Å². The number of rotatable bonds is 4. The van der Waals surface area contributed by atoms with Gasteiger partial charge in [-0.25, -0.2) is 0 Å². The lowest BCUT2D eigenvalue weighted by Crippen LogP contribution is -2.22. The highest BCUT2D eigenvalue weighted by molar-refractivity contribution is 5.79. The summed E-state index contributed by atoms with van der Waals surface area (Å²) < 4.78 is 0. The van der Waals surface area contributed by atoms with E-state index in [0.717, 1.165) is 5.69 Å². The number of para-hydroxylation sites is 1. The second-order valence-corrected chi connectivity index (χ2v) is 3.56. The third-order valence-corrected chi connectivity index (χ3v) is 2.04. The van der Waals surface area contributed by atoms with Gasteiger partial charge in [0.25, 0.3) is 0 Å². The summed E-state index contributed by atoms with van der Waals surface area (Å²) in [5.41, 5.74) is 7.25. The first-order chi connectivity index (χ1) is 6.61. The van der Waals surface area contributed by atoms with Gasteiger partial charge in [0.2, 0.25) is 5.91 Å². The highest BCUT2D eigenvalue weighted by atomic mass is 16.1. The fraction of sp³-hybridized carbons (Fsp3) is 0.364. The molecule has 3 N–H and O–H groups in total. The Bertz CT molecular complexity index is 321. The van der Waals surface area contributed by atoms with E-state index in [2.05, 4.69) is 19.2 Å². The van der Waals surface area contributed by atoms with Crippen LogP contribution in [0.4, 0.5) is 5.69 Å². The molecule has 0 radical (unpaired) electrons. The van der Waals surface area contributed by atoms with Gasteiger partial charge in [-0.3, -0.25) is 4.79 Å². The lowest BCUT2D eigenvalue weighted by Gasteiger charge is -2.13. The molecule has 3 heteroatoms. The largest absolute Gasteiger partial charge is 0.376 e. The van der Waals surface area contributed by atoms with Crippen molar-refractivity contribution in [3.8, 4) is 0 Å². The van der Waals surface area contributed by atoms with Crippen LogP contribution in [0.2, 0.25) is 0 Å². The lowest BCUT2D eigenvalue weighted by molar-refractivity contribution is -0.116. The molecule has 3 nitrogen and oxygen atoms in total.